The average Bonchev–Trinajstić information content (AvgIpc) is 3.23. The second kappa shape index (κ2) is 6.78. The number of thiazole rings is 1. The van der Waals surface area contributed by atoms with Crippen LogP contribution in [0.2, 0.25) is 0 Å². The number of rotatable bonds is 6. The zero-order valence-corrected chi connectivity index (χ0v) is 14.6. The first-order valence-corrected chi connectivity index (χ1v) is 9.70. The highest BCUT2D eigenvalue weighted by Gasteiger charge is 2.27. The van der Waals surface area contributed by atoms with Gasteiger partial charge >= 0.3 is 0 Å². The highest BCUT2D eigenvalue weighted by molar-refractivity contribution is 7.11. The summed E-state index contributed by atoms with van der Waals surface area (Å²) in [6.07, 6.45) is 9.33. The van der Waals surface area contributed by atoms with E-state index in [0.29, 0.717) is 0 Å². The van der Waals surface area contributed by atoms with Gasteiger partial charge in [-0.05, 0) is 56.8 Å². The van der Waals surface area contributed by atoms with Crippen LogP contribution >= 0.6 is 11.3 Å². The molecule has 2 nitrogen and oxygen atoms in total. The molecule has 0 bridgehead atoms. The van der Waals surface area contributed by atoms with Crippen molar-refractivity contribution >= 4 is 11.3 Å². The Morgan fingerprint density at radius 1 is 1.14 bits per heavy atom. The third-order valence-corrected chi connectivity index (χ3v) is 6.58. The highest BCUT2D eigenvalue weighted by atomic mass is 32.1. The topological polar surface area (TPSA) is 24.9 Å². The lowest BCUT2D eigenvalue weighted by Gasteiger charge is -2.29. The molecular formula is C18H30N2S. The van der Waals surface area contributed by atoms with Crippen LogP contribution in [0.1, 0.15) is 80.8 Å². The van der Waals surface area contributed by atoms with Gasteiger partial charge in [0.1, 0.15) is 0 Å². The smallest absolute Gasteiger partial charge is 0.0962 e. The number of aryl methyl sites for hydroxylation is 1. The van der Waals surface area contributed by atoms with Gasteiger partial charge in [-0.1, -0.05) is 20.8 Å². The maximum Gasteiger partial charge on any atom is 0.0962 e. The molecule has 3 heteroatoms. The lowest BCUT2D eigenvalue weighted by molar-refractivity contribution is 0.258. The molecule has 1 aromatic rings. The van der Waals surface area contributed by atoms with Crippen LogP contribution in [0.5, 0.6) is 0 Å². The molecule has 0 aromatic carbocycles. The predicted octanol–water partition coefficient (Wildman–Crippen LogP) is 4.89. The van der Waals surface area contributed by atoms with Crippen LogP contribution in [0.4, 0.5) is 0 Å². The minimum absolute atomic E-state index is 0.741. The van der Waals surface area contributed by atoms with E-state index in [4.69, 9.17) is 4.98 Å². The van der Waals surface area contributed by atoms with Crippen molar-refractivity contribution in [1.29, 1.82) is 0 Å². The Kier molecular flexibility index (Phi) is 5.00. The van der Waals surface area contributed by atoms with Crippen molar-refractivity contribution in [3.05, 3.63) is 15.6 Å². The Bertz CT molecular complexity index is 454. The van der Waals surface area contributed by atoms with Crippen LogP contribution < -0.4 is 5.32 Å². The van der Waals surface area contributed by atoms with Crippen LogP contribution in [0.25, 0.3) is 0 Å². The van der Waals surface area contributed by atoms with Gasteiger partial charge in [-0.15, -0.1) is 11.3 Å². The zero-order chi connectivity index (χ0) is 14.8. The summed E-state index contributed by atoms with van der Waals surface area (Å²) in [5.41, 5.74) is 1.36. The zero-order valence-electron chi connectivity index (χ0n) is 13.8. The van der Waals surface area contributed by atoms with Crippen LogP contribution in [-0.2, 0) is 13.0 Å². The van der Waals surface area contributed by atoms with Crippen molar-refractivity contribution in [3.63, 3.8) is 0 Å². The molecule has 0 unspecified atom stereocenters. The second-order valence-electron chi connectivity index (χ2n) is 7.29. The van der Waals surface area contributed by atoms with Crippen molar-refractivity contribution in [3.8, 4) is 0 Å². The van der Waals surface area contributed by atoms with Gasteiger partial charge in [-0.25, -0.2) is 4.98 Å². The first-order valence-electron chi connectivity index (χ1n) is 8.89. The summed E-state index contributed by atoms with van der Waals surface area (Å²) in [5.74, 6) is 2.54. The van der Waals surface area contributed by atoms with E-state index in [1.54, 1.807) is 0 Å². The van der Waals surface area contributed by atoms with E-state index in [0.717, 1.165) is 36.8 Å². The molecule has 0 spiro atoms. The lowest BCUT2D eigenvalue weighted by atomic mass is 9.77. The molecule has 21 heavy (non-hydrogen) atoms. The van der Waals surface area contributed by atoms with Crippen LogP contribution in [0, 0.1) is 11.8 Å². The Hall–Kier alpha value is -0.410. The first kappa shape index (κ1) is 15.5. The molecule has 1 heterocycles. The van der Waals surface area contributed by atoms with E-state index in [-0.39, 0.29) is 0 Å². The normalized spacial score (nSPS) is 26.5. The third kappa shape index (κ3) is 3.87. The minimum Gasteiger partial charge on any atom is -0.309 e. The quantitative estimate of drug-likeness (QED) is 0.809. The van der Waals surface area contributed by atoms with Gasteiger partial charge in [-0.3, -0.25) is 0 Å². The van der Waals surface area contributed by atoms with Crippen LogP contribution in [0.15, 0.2) is 0 Å². The molecule has 0 saturated heterocycles. The van der Waals surface area contributed by atoms with Gasteiger partial charge in [0.15, 0.2) is 0 Å². The standard InChI is InChI=1S/C18H30N2S/c1-4-16-17(11-19-15-9-10-15)21-18(20-16)14-7-5-13(6-8-14)12(2)3/h12-15,19H,4-11H2,1-3H3. The molecule has 1 N–H and O–H groups in total. The van der Waals surface area contributed by atoms with Gasteiger partial charge in [0.05, 0.1) is 10.7 Å². The van der Waals surface area contributed by atoms with Gasteiger partial charge in [-0.2, -0.15) is 0 Å². The third-order valence-electron chi connectivity index (χ3n) is 5.32. The molecular weight excluding hydrogens is 276 g/mol. The van der Waals surface area contributed by atoms with Crippen molar-refractivity contribution in [2.75, 3.05) is 0 Å². The second-order valence-corrected chi connectivity index (χ2v) is 8.40. The molecule has 2 fully saturated rings. The van der Waals surface area contributed by atoms with Gasteiger partial charge < -0.3 is 5.32 Å². The van der Waals surface area contributed by atoms with Crippen molar-refractivity contribution in [1.82, 2.24) is 10.3 Å². The minimum atomic E-state index is 0.741. The van der Waals surface area contributed by atoms with E-state index in [1.807, 2.05) is 11.3 Å². The molecule has 1 aromatic heterocycles. The lowest BCUT2D eigenvalue weighted by Crippen LogP contribution is -2.17. The maximum absolute atomic E-state index is 5.00. The Morgan fingerprint density at radius 3 is 2.43 bits per heavy atom. The summed E-state index contributed by atoms with van der Waals surface area (Å²) >= 11 is 2.00. The SMILES string of the molecule is CCc1nc(C2CCC(C(C)C)CC2)sc1CNC1CC1. The molecule has 3 rings (SSSR count). The van der Waals surface area contributed by atoms with E-state index >= 15 is 0 Å². The molecule has 2 aliphatic rings. The Labute approximate surface area is 133 Å². The largest absolute Gasteiger partial charge is 0.309 e. The molecule has 0 amide bonds. The molecule has 0 aliphatic heterocycles. The summed E-state index contributed by atoms with van der Waals surface area (Å²) in [5, 5.41) is 5.09. The highest BCUT2D eigenvalue weighted by Crippen LogP contribution is 2.40. The van der Waals surface area contributed by atoms with E-state index in [2.05, 4.69) is 26.1 Å². The number of hydrogen-bond acceptors (Lipinski definition) is 3. The maximum atomic E-state index is 5.00. The Morgan fingerprint density at radius 2 is 1.86 bits per heavy atom. The number of nitrogens with one attached hydrogen (secondary N) is 1. The number of aromatic nitrogens is 1. The molecule has 118 valence electrons. The molecule has 0 atom stereocenters. The fraction of sp³-hybridized carbons (Fsp3) is 0.833. The summed E-state index contributed by atoms with van der Waals surface area (Å²) in [6, 6.07) is 0.793. The molecule has 2 aliphatic carbocycles. The number of hydrogen-bond donors (Lipinski definition) is 1. The van der Waals surface area contributed by atoms with Gasteiger partial charge in [0.2, 0.25) is 0 Å². The molecule has 0 radical (unpaired) electrons. The predicted molar refractivity (Wildman–Crippen MR) is 90.9 cm³/mol. The first-order chi connectivity index (χ1) is 10.2. The monoisotopic (exact) mass is 306 g/mol. The van der Waals surface area contributed by atoms with E-state index < -0.39 is 0 Å². The van der Waals surface area contributed by atoms with Crippen molar-refractivity contribution in [2.24, 2.45) is 11.8 Å². The summed E-state index contributed by atoms with van der Waals surface area (Å²) < 4.78 is 0. The van der Waals surface area contributed by atoms with Crippen molar-refractivity contribution in [2.45, 2.75) is 84.2 Å². The fourth-order valence-electron chi connectivity index (χ4n) is 3.55. The summed E-state index contributed by atoms with van der Waals surface area (Å²) in [4.78, 5) is 6.50. The van der Waals surface area contributed by atoms with E-state index in [9.17, 15) is 0 Å². The number of nitrogens with zero attached hydrogens (tertiary/aromatic N) is 1. The van der Waals surface area contributed by atoms with E-state index in [1.165, 1.54) is 54.1 Å². The summed E-state index contributed by atoms with van der Waals surface area (Å²) in [7, 11) is 0. The Balaban J connectivity index is 1.62. The van der Waals surface area contributed by atoms with Gasteiger partial charge in [0.25, 0.3) is 0 Å². The van der Waals surface area contributed by atoms with Gasteiger partial charge in [0, 0.05) is 23.4 Å². The fourth-order valence-corrected chi connectivity index (χ4v) is 4.82. The van der Waals surface area contributed by atoms with Crippen molar-refractivity contribution < 1.29 is 0 Å². The molecule has 2 saturated carbocycles. The van der Waals surface area contributed by atoms with Crippen LogP contribution in [-0.4, -0.2) is 11.0 Å². The summed E-state index contributed by atoms with van der Waals surface area (Å²) in [6.45, 7) is 8.05. The average molecular weight is 307 g/mol. The van der Waals surface area contributed by atoms with Crippen LogP contribution in [0.3, 0.4) is 0 Å².